The maximum absolute atomic E-state index is 12.4. The van der Waals surface area contributed by atoms with Crippen molar-refractivity contribution in [1.29, 1.82) is 0 Å². The predicted octanol–water partition coefficient (Wildman–Crippen LogP) is 3.15. The fourth-order valence-electron chi connectivity index (χ4n) is 2.46. The molecule has 2 heterocycles. The van der Waals surface area contributed by atoms with Gasteiger partial charge in [-0.25, -0.2) is 4.98 Å². The summed E-state index contributed by atoms with van der Waals surface area (Å²) in [5, 5.41) is 0. The molecule has 0 N–H and O–H groups in total. The number of furan rings is 1. The van der Waals surface area contributed by atoms with E-state index in [1.807, 2.05) is 42.8 Å². The van der Waals surface area contributed by atoms with Gasteiger partial charge >= 0.3 is 0 Å². The highest BCUT2D eigenvalue weighted by Gasteiger charge is 2.17. The molecule has 4 nitrogen and oxygen atoms in total. The minimum Gasteiger partial charge on any atom is -0.469 e. The number of para-hydroxylation sites is 2. The second kappa shape index (κ2) is 4.96. The van der Waals surface area contributed by atoms with Gasteiger partial charge in [0.2, 0.25) is 0 Å². The number of fused-ring (bicyclic) bond motifs is 1. The van der Waals surface area contributed by atoms with Crippen LogP contribution in [0.5, 0.6) is 0 Å². The Morgan fingerprint density at radius 1 is 1.30 bits per heavy atom. The smallest absolute Gasteiger partial charge is 0.173 e. The zero-order valence-corrected chi connectivity index (χ0v) is 11.6. The lowest BCUT2D eigenvalue weighted by atomic mass is 10.1. The van der Waals surface area contributed by atoms with Gasteiger partial charge in [0.05, 0.1) is 29.3 Å². The Labute approximate surface area is 117 Å². The summed E-state index contributed by atoms with van der Waals surface area (Å²) in [6, 6.07) is 9.63. The highest BCUT2D eigenvalue weighted by atomic mass is 16.3. The lowest BCUT2D eigenvalue weighted by Gasteiger charge is -2.02. The Morgan fingerprint density at radius 2 is 2.10 bits per heavy atom. The van der Waals surface area contributed by atoms with Crippen molar-refractivity contribution in [3.63, 3.8) is 0 Å². The van der Waals surface area contributed by atoms with Crippen LogP contribution in [-0.2, 0) is 19.9 Å². The lowest BCUT2D eigenvalue weighted by molar-refractivity contribution is 0.0988. The molecule has 0 unspecified atom stereocenters. The highest BCUT2D eigenvalue weighted by molar-refractivity contribution is 5.98. The van der Waals surface area contributed by atoms with Crippen LogP contribution < -0.4 is 0 Å². The standard InChI is InChI=1S/C16H16N2O2/c1-3-15-11(8-9-20-15)14(19)10-16-17-12-6-4-5-7-13(12)18(16)2/h4-9H,3,10H2,1-2H3. The number of hydrogen-bond acceptors (Lipinski definition) is 3. The van der Waals surface area contributed by atoms with Gasteiger partial charge in [-0.15, -0.1) is 0 Å². The number of imidazole rings is 1. The van der Waals surface area contributed by atoms with E-state index in [1.54, 1.807) is 12.3 Å². The third kappa shape index (κ3) is 2.03. The van der Waals surface area contributed by atoms with Gasteiger partial charge in [0.25, 0.3) is 0 Å². The molecule has 0 fully saturated rings. The van der Waals surface area contributed by atoms with Gasteiger partial charge < -0.3 is 8.98 Å². The highest BCUT2D eigenvalue weighted by Crippen LogP contribution is 2.18. The summed E-state index contributed by atoms with van der Waals surface area (Å²) in [6.45, 7) is 1.98. The minimum atomic E-state index is 0.0500. The van der Waals surface area contributed by atoms with Crippen molar-refractivity contribution in [3.05, 3.63) is 53.7 Å². The molecule has 0 saturated carbocycles. The number of carbonyl (C=O) groups excluding carboxylic acids is 1. The maximum atomic E-state index is 12.4. The van der Waals surface area contributed by atoms with Crippen LogP contribution in [0.1, 0.15) is 28.9 Å². The third-order valence-corrected chi connectivity index (χ3v) is 3.57. The molecule has 1 aromatic carbocycles. The van der Waals surface area contributed by atoms with E-state index < -0.39 is 0 Å². The zero-order valence-electron chi connectivity index (χ0n) is 11.6. The van der Waals surface area contributed by atoms with Crippen LogP contribution in [0.3, 0.4) is 0 Å². The quantitative estimate of drug-likeness (QED) is 0.683. The Morgan fingerprint density at radius 3 is 2.85 bits per heavy atom. The summed E-state index contributed by atoms with van der Waals surface area (Å²) in [7, 11) is 1.94. The number of ketones is 1. The molecule has 0 bridgehead atoms. The molecule has 20 heavy (non-hydrogen) atoms. The molecule has 102 valence electrons. The second-order valence-electron chi connectivity index (χ2n) is 4.79. The van der Waals surface area contributed by atoms with Gasteiger partial charge in [0.15, 0.2) is 5.78 Å². The fraction of sp³-hybridized carbons (Fsp3) is 0.250. The van der Waals surface area contributed by atoms with E-state index in [2.05, 4.69) is 4.98 Å². The van der Waals surface area contributed by atoms with E-state index in [0.717, 1.165) is 29.0 Å². The molecule has 3 rings (SSSR count). The topological polar surface area (TPSA) is 48.0 Å². The molecule has 0 aliphatic heterocycles. The summed E-state index contributed by atoms with van der Waals surface area (Å²) < 4.78 is 7.28. The van der Waals surface area contributed by atoms with Crippen LogP contribution in [0.2, 0.25) is 0 Å². The minimum absolute atomic E-state index is 0.0500. The summed E-state index contributed by atoms with van der Waals surface area (Å²) in [4.78, 5) is 16.9. The lowest BCUT2D eigenvalue weighted by Crippen LogP contribution is -2.09. The summed E-state index contributed by atoms with van der Waals surface area (Å²) in [5.74, 6) is 1.57. The molecule has 0 spiro atoms. The molecule has 0 amide bonds. The molecule has 4 heteroatoms. The Kier molecular flexibility index (Phi) is 3.14. The molecule has 0 aliphatic rings. The first kappa shape index (κ1) is 12.7. The van der Waals surface area contributed by atoms with E-state index >= 15 is 0 Å². The monoisotopic (exact) mass is 268 g/mol. The summed E-state index contributed by atoms with van der Waals surface area (Å²) >= 11 is 0. The number of rotatable bonds is 4. The molecular weight excluding hydrogens is 252 g/mol. The van der Waals surface area contributed by atoms with Crippen molar-refractivity contribution in [2.45, 2.75) is 19.8 Å². The number of aryl methyl sites for hydroxylation is 2. The van der Waals surface area contributed by atoms with Crippen molar-refractivity contribution >= 4 is 16.8 Å². The number of benzene rings is 1. The second-order valence-corrected chi connectivity index (χ2v) is 4.79. The molecule has 0 radical (unpaired) electrons. The van der Waals surface area contributed by atoms with Gasteiger partial charge in [-0.05, 0) is 18.2 Å². The van der Waals surface area contributed by atoms with Crippen LogP contribution in [0.4, 0.5) is 0 Å². The first-order valence-corrected chi connectivity index (χ1v) is 6.70. The number of carbonyl (C=O) groups is 1. The Bertz CT molecular complexity index is 768. The predicted molar refractivity (Wildman–Crippen MR) is 76.8 cm³/mol. The van der Waals surface area contributed by atoms with Gasteiger partial charge in [-0.1, -0.05) is 19.1 Å². The van der Waals surface area contributed by atoms with Crippen molar-refractivity contribution < 1.29 is 9.21 Å². The number of nitrogens with zero attached hydrogens (tertiary/aromatic N) is 2. The SMILES string of the molecule is CCc1occc1C(=O)Cc1nc2ccccc2n1C. The van der Waals surface area contributed by atoms with Crippen molar-refractivity contribution in [2.75, 3.05) is 0 Å². The van der Waals surface area contributed by atoms with Crippen LogP contribution in [0, 0.1) is 0 Å². The maximum Gasteiger partial charge on any atom is 0.173 e. The average Bonchev–Trinajstić information content (AvgIpc) is 3.05. The Balaban J connectivity index is 1.93. The normalized spacial score (nSPS) is 11.1. The molecule has 0 saturated heterocycles. The first-order chi connectivity index (χ1) is 9.70. The number of Topliss-reactive ketones (excluding diaryl/α,β-unsaturated/α-hetero) is 1. The number of aromatic nitrogens is 2. The third-order valence-electron chi connectivity index (χ3n) is 3.57. The van der Waals surface area contributed by atoms with E-state index in [-0.39, 0.29) is 12.2 Å². The summed E-state index contributed by atoms with van der Waals surface area (Å²) in [6.07, 6.45) is 2.58. The van der Waals surface area contributed by atoms with Gasteiger partial charge in [-0.2, -0.15) is 0 Å². The van der Waals surface area contributed by atoms with E-state index in [1.165, 1.54) is 0 Å². The van der Waals surface area contributed by atoms with E-state index in [4.69, 9.17) is 4.42 Å². The summed E-state index contributed by atoms with van der Waals surface area (Å²) in [5.41, 5.74) is 2.62. The molecular formula is C16H16N2O2. The van der Waals surface area contributed by atoms with Crippen LogP contribution in [0.15, 0.2) is 41.0 Å². The van der Waals surface area contributed by atoms with Crippen LogP contribution >= 0.6 is 0 Å². The molecule has 2 aromatic heterocycles. The van der Waals surface area contributed by atoms with Crippen molar-refractivity contribution in [3.8, 4) is 0 Å². The van der Waals surface area contributed by atoms with Crippen LogP contribution in [-0.4, -0.2) is 15.3 Å². The van der Waals surface area contributed by atoms with Crippen molar-refractivity contribution in [2.24, 2.45) is 7.05 Å². The van der Waals surface area contributed by atoms with Gasteiger partial charge in [0.1, 0.15) is 11.6 Å². The molecule has 0 atom stereocenters. The number of hydrogen-bond donors (Lipinski definition) is 0. The van der Waals surface area contributed by atoms with Gasteiger partial charge in [0, 0.05) is 13.5 Å². The first-order valence-electron chi connectivity index (χ1n) is 6.70. The average molecular weight is 268 g/mol. The molecule has 0 aliphatic carbocycles. The van der Waals surface area contributed by atoms with Crippen LogP contribution in [0.25, 0.3) is 11.0 Å². The largest absolute Gasteiger partial charge is 0.469 e. The van der Waals surface area contributed by atoms with Crippen molar-refractivity contribution in [1.82, 2.24) is 9.55 Å². The molecule has 3 aromatic rings. The van der Waals surface area contributed by atoms with E-state index in [0.29, 0.717) is 5.56 Å². The van der Waals surface area contributed by atoms with E-state index in [9.17, 15) is 4.79 Å². The zero-order chi connectivity index (χ0) is 14.1. The Hall–Kier alpha value is -2.36. The fourth-order valence-corrected chi connectivity index (χ4v) is 2.46. The van der Waals surface area contributed by atoms with Gasteiger partial charge in [-0.3, -0.25) is 4.79 Å².